The number of urea groups is 1. The van der Waals surface area contributed by atoms with E-state index in [-0.39, 0.29) is 34.8 Å². The van der Waals surface area contributed by atoms with Crippen molar-refractivity contribution in [1.82, 2.24) is 14.9 Å². The van der Waals surface area contributed by atoms with Crippen LogP contribution in [0, 0.1) is 0 Å². The van der Waals surface area contributed by atoms with Gasteiger partial charge in [0.1, 0.15) is 5.91 Å². The molecule has 3 rings (SSSR count). The van der Waals surface area contributed by atoms with Gasteiger partial charge in [-0.1, -0.05) is 37.6 Å². The summed E-state index contributed by atoms with van der Waals surface area (Å²) in [5.74, 6) is -0.350. The monoisotopic (exact) mass is 427 g/mol. The summed E-state index contributed by atoms with van der Waals surface area (Å²) in [5.41, 5.74) is 1.94. The minimum absolute atomic E-state index is 0. The molecule has 1 aromatic carbocycles. The van der Waals surface area contributed by atoms with Gasteiger partial charge in [-0.05, 0) is 11.0 Å². The van der Waals surface area contributed by atoms with Crippen molar-refractivity contribution in [3.8, 4) is 0 Å². The van der Waals surface area contributed by atoms with Crippen molar-refractivity contribution in [3.05, 3.63) is 35.9 Å². The minimum Gasteiger partial charge on any atom is -0.443 e. The van der Waals surface area contributed by atoms with Crippen LogP contribution in [-0.2, 0) is 27.2 Å². The Balaban J connectivity index is 0.000000172. The Morgan fingerprint density at radius 1 is 1.28 bits per heavy atom. The number of para-hydroxylation sites is 2. The molecule has 0 atom stereocenters. The first-order chi connectivity index (χ1) is 8.16. The van der Waals surface area contributed by atoms with E-state index in [0.29, 0.717) is 0 Å². The largest absolute Gasteiger partial charge is 0.443 e. The van der Waals surface area contributed by atoms with Gasteiger partial charge in [-0.15, -0.1) is 0 Å². The second kappa shape index (κ2) is 6.34. The number of carbonyl (C=O) groups excluding carboxylic acids is 2. The van der Waals surface area contributed by atoms with Gasteiger partial charge >= 0.3 is 0 Å². The number of fused-ring (bicyclic) bond motifs is 1. The molecule has 6 nitrogen and oxygen atoms in total. The third-order valence-electron chi connectivity index (χ3n) is 2.19. The van der Waals surface area contributed by atoms with E-state index in [1.807, 2.05) is 24.3 Å². The predicted octanol–water partition coefficient (Wildman–Crippen LogP) is 1.14. The summed E-state index contributed by atoms with van der Waals surface area (Å²) in [6, 6.07) is 7.37. The van der Waals surface area contributed by atoms with Gasteiger partial charge in [-0.2, -0.15) is 0 Å². The summed E-state index contributed by atoms with van der Waals surface area (Å²) in [5, 5.41) is 3.12. The molecule has 1 aliphatic rings. The number of likely N-dealkylation sites (N-methyl/N-ethyl adjacent to an activating group) is 1. The molecule has 99 valence electrons. The van der Waals surface area contributed by atoms with E-state index >= 15 is 0 Å². The number of imide groups is 1. The van der Waals surface area contributed by atoms with Crippen molar-refractivity contribution in [2.24, 2.45) is 0 Å². The van der Waals surface area contributed by atoms with Crippen molar-refractivity contribution in [2.75, 3.05) is 13.6 Å². The summed E-state index contributed by atoms with van der Waals surface area (Å²) >= 11 is 0. The smallest absolute Gasteiger partial charge is 0.161 e. The zero-order chi connectivity index (χ0) is 12.3. The van der Waals surface area contributed by atoms with E-state index in [1.165, 1.54) is 11.9 Å². The number of rotatable bonds is 0. The molecule has 0 saturated carbocycles. The van der Waals surface area contributed by atoms with E-state index in [1.54, 1.807) is 6.33 Å². The fourth-order valence-corrected chi connectivity index (χ4v) is 1.33. The summed E-state index contributed by atoms with van der Waals surface area (Å²) in [6.07, 6.45) is 1.57. The number of benzene rings is 1. The minimum atomic E-state index is -0.435. The van der Waals surface area contributed by atoms with Crippen LogP contribution in [0.3, 0.4) is 0 Å². The Morgan fingerprint density at radius 3 is 2.50 bits per heavy atom. The van der Waals surface area contributed by atoms with Gasteiger partial charge in [0.05, 0.1) is 0 Å². The predicted molar refractivity (Wildman–Crippen MR) is 61.5 cm³/mol. The van der Waals surface area contributed by atoms with Crippen LogP contribution in [0.5, 0.6) is 0 Å². The van der Waals surface area contributed by atoms with Crippen molar-refractivity contribution in [3.63, 3.8) is 0 Å². The Bertz CT molecular complexity index is 524. The van der Waals surface area contributed by atoms with Crippen LogP contribution in [0.15, 0.2) is 30.6 Å². The van der Waals surface area contributed by atoms with Crippen molar-refractivity contribution < 1.29 is 32.0 Å². The second-order valence-electron chi connectivity index (χ2n) is 3.51. The molecule has 3 amide bonds. The molecule has 0 spiro atoms. The quantitative estimate of drug-likeness (QED) is 0.467. The van der Waals surface area contributed by atoms with Gasteiger partial charge in [0.2, 0.25) is 0 Å². The van der Waals surface area contributed by atoms with Gasteiger partial charge in [0, 0.05) is 28.9 Å². The van der Waals surface area contributed by atoms with Gasteiger partial charge < -0.3 is 20.2 Å². The molecule has 1 aliphatic heterocycles. The molecule has 0 bridgehead atoms. The zero-order valence-electron chi connectivity index (χ0n) is 9.50. The topological polar surface area (TPSA) is 78.5 Å². The normalized spacial score (nSPS) is 13.7. The first-order valence-electron chi connectivity index (χ1n) is 4.99. The van der Waals surface area contributed by atoms with Crippen LogP contribution < -0.4 is 4.98 Å². The summed E-state index contributed by atoms with van der Waals surface area (Å²) in [6.45, 7) is 0.138. The molecular weight excluding hydrogens is 417 g/mol. The van der Waals surface area contributed by atoms with Crippen LogP contribution >= 0.6 is 0 Å². The van der Waals surface area contributed by atoms with E-state index in [2.05, 4.69) is 15.3 Å². The summed E-state index contributed by atoms with van der Waals surface area (Å²) in [7, 11) is 1.54. The number of hydrogen-bond donors (Lipinski definition) is 0. The number of nitrogens with zero attached hydrogens (tertiary/aromatic N) is 4. The maximum Gasteiger partial charge on any atom is 0.161 e. The fourth-order valence-electron chi connectivity index (χ4n) is 1.33. The van der Waals surface area contributed by atoms with Gasteiger partial charge in [0.15, 0.2) is 6.03 Å². The Labute approximate surface area is 119 Å². The Hall–Kier alpha value is -1.63. The fraction of sp³-hybridized carbons (Fsp3) is 0.182. The number of hydrogen-bond acceptors (Lipinski definition) is 3. The first-order valence-corrected chi connectivity index (χ1v) is 4.99. The maximum absolute atomic E-state index is 10.3. The third kappa shape index (κ3) is 3.43. The molecule has 1 fully saturated rings. The summed E-state index contributed by atoms with van der Waals surface area (Å²) in [4.78, 5) is 29.8. The second-order valence-corrected chi connectivity index (χ2v) is 3.51. The van der Waals surface area contributed by atoms with Crippen LogP contribution in [-0.4, -0.2) is 35.4 Å². The van der Waals surface area contributed by atoms with Gasteiger partial charge in [0.25, 0.3) is 0 Å². The molecule has 7 heteroatoms. The van der Waals surface area contributed by atoms with Crippen LogP contribution in [0.25, 0.3) is 16.4 Å². The average Bonchev–Trinajstić information content (AvgIpc) is 2.87. The Morgan fingerprint density at radius 2 is 2.00 bits per heavy atom. The molecule has 1 radical (unpaired) electrons. The molecule has 0 unspecified atom stereocenters. The molecule has 0 N–H and O–H groups in total. The molecule has 0 aliphatic carbocycles. The molecule has 18 heavy (non-hydrogen) atoms. The van der Waals surface area contributed by atoms with E-state index in [9.17, 15) is 9.59 Å². The van der Waals surface area contributed by atoms with Crippen molar-refractivity contribution >= 4 is 23.0 Å². The van der Waals surface area contributed by atoms with Crippen LogP contribution in [0.1, 0.15) is 0 Å². The molecule has 2 aromatic rings. The van der Waals surface area contributed by atoms with E-state index in [0.717, 1.165) is 11.0 Å². The molecule has 2 heterocycles. The van der Waals surface area contributed by atoms with Gasteiger partial charge in [-0.25, -0.2) is 0 Å². The Kier molecular flexibility index (Phi) is 5.09. The number of imidazole rings is 1. The molecule has 1 aromatic heterocycles. The first kappa shape index (κ1) is 14.4. The van der Waals surface area contributed by atoms with Crippen molar-refractivity contribution in [1.29, 1.82) is 0 Å². The van der Waals surface area contributed by atoms with Gasteiger partial charge in [-0.3, -0.25) is 9.59 Å². The number of amides is 3. The third-order valence-corrected chi connectivity index (χ3v) is 2.19. The molecular formula is C11H10AuN4O2-2. The van der Waals surface area contributed by atoms with Crippen molar-refractivity contribution in [2.45, 2.75) is 0 Å². The van der Waals surface area contributed by atoms with E-state index in [4.69, 9.17) is 0 Å². The van der Waals surface area contributed by atoms with E-state index < -0.39 is 6.03 Å². The standard InChI is InChI=1S/C7H5N2.C4H6N2O2.Au/c1-2-4-7-6(3-1)8-5-9-7;1-6-2-3(7)5-4(6)8;/h1-5H;2H2,1H3,(H,5,7,8);/q-1;;/p-1. The van der Waals surface area contributed by atoms with Crippen LogP contribution in [0.4, 0.5) is 4.79 Å². The summed E-state index contributed by atoms with van der Waals surface area (Å²) < 4.78 is 0. The molecule has 1 saturated heterocycles. The SMILES string of the molecule is CN1CC(=O)[N-]C1=O.[Au].c1ccc2[n-]cnc2c1. The number of aromatic nitrogens is 2. The zero-order valence-corrected chi connectivity index (χ0v) is 11.7. The van der Waals surface area contributed by atoms with Crippen LogP contribution in [0.2, 0.25) is 0 Å². The number of carbonyl (C=O) groups is 2. The average molecular weight is 427 g/mol. The maximum atomic E-state index is 10.3.